The first-order valence-electron chi connectivity index (χ1n) is 19.0. The summed E-state index contributed by atoms with van der Waals surface area (Å²) in [4.78, 5) is 62.8. The number of aromatic nitrogens is 4. The number of fused-ring (bicyclic) bond motifs is 4. The van der Waals surface area contributed by atoms with Crippen LogP contribution in [0.15, 0.2) is 48.9 Å². The van der Waals surface area contributed by atoms with Crippen molar-refractivity contribution in [3.05, 3.63) is 88.0 Å². The number of methoxy groups -OCH3 is 1. The summed E-state index contributed by atoms with van der Waals surface area (Å²) in [6.45, 7) is 8.25. The number of nitrogens with zero attached hydrogens (tertiary/aromatic N) is 4. The molecule has 6 rings (SSSR count). The van der Waals surface area contributed by atoms with Crippen LogP contribution >= 0.6 is 0 Å². The van der Waals surface area contributed by atoms with E-state index in [1.165, 1.54) is 13.3 Å². The van der Waals surface area contributed by atoms with Crippen LogP contribution in [0.3, 0.4) is 0 Å². The van der Waals surface area contributed by atoms with Gasteiger partial charge in [0.1, 0.15) is 17.5 Å². The average molecular weight is 750 g/mol. The lowest BCUT2D eigenvalue weighted by Gasteiger charge is -2.24. The molecule has 3 N–H and O–H groups in total. The maximum absolute atomic E-state index is 13.5. The molecular formula is C42H51N7O6. The first-order valence-corrected chi connectivity index (χ1v) is 19.0. The quantitative estimate of drug-likeness (QED) is 0.0978. The van der Waals surface area contributed by atoms with Crippen molar-refractivity contribution in [1.29, 1.82) is 0 Å². The smallest absolute Gasteiger partial charge is 0.410 e. The van der Waals surface area contributed by atoms with Crippen molar-refractivity contribution >= 4 is 46.7 Å². The van der Waals surface area contributed by atoms with Crippen molar-refractivity contribution < 1.29 is 28.7 Å². The zero-order chi connectivity index (χ0) is 39.3. The van der Waals surface area contributed by atoms with E-state index in [4.69, 9.17) is 9.47 Å². The topological polar surface area (TPSA) is 169 Å². The van der Waals surface area contributed by atoms with E-state index in [-0.39, 0.29) is 18.4 Å². The molecule has 4 aromatic rings. The molecule has 55 heavy (non-hydrogen) atoms. The van der Waals surface area contributed by atoms with Crippen LogP contribution < -0.4 is 10.6 Å². The van der Waals surface area contributed by atoms with Gasteiger partial charge in [-0.2, -0.15) is 5.10 Å². The molecule has 1 aromatic carbocycles. The summed E-state index contributed by atoms with van der Waals surface area (Å²) in [6, 6.07) is 6.77. The van der Waals surface area contributed by atoms with Gasteiger partial charge in [0, 0.05) is 55.5 Å². The third-order valence-corrected chi connectivity index (χ3v) is 10.3. The second kappa shape index (κ2) is 16.4. The molecule has 2 aliphatic rings. The van der Waals surface area contributed by atoms with Crippen molar-refractivity contribution in [3.63, 3.8) is 0 Å². The summed E-state index contributed by atoms with van der Waals surface area (Å²) < 4.78 is 10.4. The Morgan fingerprint density at radius 3 is 2.58 bits per heavy atom. The van der Waals surface area contributed by atoms with Crippen molar-refractivity contribution in [2.45, 2.75) is 103 Å². The molecule has 0 fully saturated rings. The normalized spacial score (nSPS) is 16.6. The third kappa shape index (κ3) is 9.04. The number of esters is 1. The Morgan fingerprint density at radius 1 is 1.02 bits per heavy atom. The maximum atomic E-state index is 13.5. The number of unbranched alkanes of at least 4 members (excludes halogenated alkanes) is 5. The molecule has 0 unspecified atom stereocenters. The highest BCUT2D eigenvalue weighted by molar-refractivity contribution is 6.06. The summed E-state index contributed by atoms with van der Waals surface area (Å²) in [7, 11) is 3.07. The van der Waals surface area contributed by atoms with E-state index < -0.39 is 28.9 Å². The van der Waals surface area contributed by atoms with Crippen molar-refractivity contribution in [2.75, 3.05) is 26.0 Å². The largest absolute Gasteiger partial charge is 0.467 e. The molecule has 3 amide bonds. The van der Waals surface area contributed by atoms with Crippen LogP contribution in [-0.4, -0.2) is 81.3 Å². The van der Waals surface area contributed by atoms with E-state index in [2.05, 4.69) is 43.0 Å². The zero-order valence-electron chi connectivity index (χ0n) is 32.6. The number of carbonyl (C=O) groups excluding carboxylic acids is 4. The highest BCUT2D eigenvalue weighted by atomic mass is 16.6. The number of aromatic amines is 1. The third-order valence-electron chi connectivity index (χ3n) is 10.3. The first-order chi connectivity index (χ1) is 26.3. The Morgan fingerprint density at radius 2 is 1.80 bits per heavy atom. The minimum absolute atomic E-state index is 0.131. The Balaban J connectivity index is 1.03. The van der Waals surface area contributed by atoms with Gasteiger partial charge in [0.15, 0.2) is 0 Å². The number of benzene rings is 1. The monoisotopic (exact) mass is 749 g/mol. The van der Waals surface area contributed by atoms with Gasteiger partial charge >= 0.3 is 12.1 Å². The molecule has 0 radical (unpaired) electrons. The summed E-state index contributed by atoms with van der Waals surface area (Å²) in [5.41, 5.74) is 5.01. The standard InChI is InChI=1S/C42H51N7O6/c1-26-16-28(17-30-25-45-48-35(26)30)19-33(38(51)54-6)46-37(50)31-20-29-21-42(22-34(29)43-24-31)32-18-27(23-44-36(32)47-39(42)52)14-12-10-8-7-9-11-13-15-49(5)40(53)55-41(2,3)4/h12,14,16-18,20,23-25,33H,7-11,13,15,19,21-22H2,1-6H3,(H,45,48)(H,46,50)(H,44,47,52)/b14-12+/t33-,42+/m1/s1. The fourth-order valence-electron chi connectivity index (χ4n) is 7.42. The Kier molecular flexibility index (Phi) is 11.7. The van der Waals surface area contributed by atoms with Crippen LogP contribution in [0.5, 0.6) is 0 Å². The summed E-state index contributed by atoms with van der Waals surface area (Å²) in [5.74, 6) is -0.591. The molecule has 2 atom stereocenters. The van der Waals surface area contributed by atoms with Gasteiger partial charge in [-0.15, -0.1) is 0 Å². The summed E-state index contributed by atoms with van der Waals surface area (Å²) in [5, 5.41) is 13.8. The maximum Gasteiger partial charge on any atom is 0.410 e. The highest BCUT2D eigenvalue weighted by Crippen LogP contribution is 2.46. The van der Waals surface area contributed by atoms with Gasteiger partial charge in [-0.1, -0.05) is 37.5 Å². The lowest BCUT2D eigenvalue weighted by molar-refractivity contribution is -0.142. The number of hydrogen-bond donors (Lipinski definition) is 3. The van der Waals surface area contributed by atoms with Crippen LogP contribution in [0.25, 0.3) is 17.0 Å². The first kappa shape index (κ1) is 39.1. The van der Waals surface area contributed by atoms with Crippen molar-refractivity contribution in [1.82, 2.24) is 30.4 Å². The van der Waals surface area contributed by atoms with Crippen LogP contribution in [0.1, 0.15) is 103 Å². The van der Waals surface area contributed by atoms with E-state index in [0.29, 0.717) is 30.8 Å². The van der Waals surface area contributed by atoms with Gasteiger partial charge in [-0.25, -0.2) is 14.6 Å². The molecule has 13 heteroatoms. The molecule has 3 aromatic heterocycles. The SMILES string of the molecule is COC(=O)[C@@H](Cc1cc(C)c2[nH]ncc2c1)NC(=O)c1cnc2c(c1)C[C@@]1(C2)C(=O)Nc2ncc(/C=C/CCCCCCCN(C)C(=O)OC(C)(C)C)cc21. The number of rotatable bonds is 14. The predicted molar refractivity (Wildman–Crippen MR) is 210 cm³/mol. The van der Waals surface area contributed by atoms with Gasteiger partial charge in [0.05, 0.1) is 29.8 Å². The number of amides is 3. The van der Waals surface area contributed by atoms with E-state index in [0.717, 1.165) is 82.9 Å². The van der Waals surface area contributed by atoms with Gasteiger partial charge in [0.25, 0.3) is 5.91 Å². The predicted octanol–water partition coefficient (Wildman–Crippen LogP) is 6.38. The molecule has 290 valence electrons. The minimum atomic E-state index is -0.921. The second-order valence-corrected chi connectivity index (χ2v) is 15.7. The summed E-state index contributed by atoms with van der Waals surface area (Å²) >= 11 is 0. The lowest BCUT2D eigenvalue weighted by atomic mass is 9.79. The molecular weight excluding hydrogens is 699 g/mol. The number of aryl methyl sites for hydroxylation is 1. The zero-order valence-corrected chi connectivity index (χ0v) is 32.6. The number of hydrogen-bond acceptors (Lipinski definition) is 9. The number of H-pyrrole nitrogens is 1. The Labute approximate surface area is 321 Å². The van der Waals surface area contributed by atoms with E-state index >= 15 is 0 Å². The molecule has 1 spiro atoms. The molecule has 4 heterocycles. The van der Waals surface area contributed by atoms with Gasteiger partial charge in [-0.3, -0.25) is 19.7 Å². The van der Waals surface area contributed by atoms with Crippen molar-refractivity contribution in [2.24, 2.45) is 0 Å². The number of pyridine rings is 2. The number of carbonyl (C=O) groups is 4. The van der Waals surface area contributed by atoms with E-state index in [9.17, 15) is 19.2 Å². The van der Waals surface area contributed by atoms with Crippen LogP contribution in [0, 0.1) is 6.92 Å². The van der Waals surface area contributed by atoms with Gasteiger partial charge in [-0.05, 0) is 93.8 Å². The number of nitrogens with one attached hydrogen (secondary N) is 3. The lowest BCUT2D eigenvalue weighted by Crippen LogP contribution is -2.43. The minimum Gasteiger partial charge on any atom is -0.467 e. The fourth-order valence-corrected chi connectivity index (χ4v) is 7.42. The molecule has 0 saturated carbocycles. The van der Waals surface area contributed by atoms with Gasteiger partial charge in [0.2, 0.25) is 5.91 Å². The number of anilines is 1. The Hall–Kier alpha value is -5.59. The average Bonchev–Trinajstić information content (AvgIpc) is 3.85. The molecule has 13 nitrogen and oxygen atoms in total. The number of ether oxygens (including phenoxy) is 2. The van der Waals surface area contributed by atoms with E-state index in [1.54, 1.807) is 30.4 Å². The van der Waals surface area contributed by atoms with Crippen molar-refractivity contribution in [3.8, 4) is 0 Å². The molecule has 1 aliphatic heterocycles. The molecule has 0 saturated heterocycles. The molecule has 0 bridgehead atoms. The van der Waals surface area contributed by atoms with Crippen LogP contribution in [-0.2, 0) is 43.7 Å². The van der Waals surface area contributed by atoms with Crippen LogP contribution in [0.4, 0.5) is 10.6 Å². The summed E-state index contributed by atoms with van der Waals surface area (Å²) in [6.07, 6.45) is 16.1. The fraction of sp³-hybridized carbons (Fsp3) is 0.452. The van der Waals surface area contributed by atoms with Gasteiger partial charge < -0.3 is 25.0 Å². The van der Waals surface area contributed by atoms with Crippen LogP contribution in [0.2, 0.25) is 0 Å². The Bertz CT molecular complexity index is 2120. The molecule has 1 aliphatic carbocycles. The highest BCUT2D eigenvalue weighted by Gasteiger charge is 2.52. The van der Waals surface area contributed by atoms with E-state index in [1.807, 2.05) is 45.9 Å². The second-order valence-electron chi connectivity index (χ2n) is 15.7. The number of allylic oxidation sites excluding steroid dienone is 1.